The summed E-state index contributed by atoms with van der Waals surface area (Å²) >= 11 is 0. The summed E-state index contributed by atoms with van der Waals surface area (Å²) in [6.07, 6.45) is 5.34. The zero-order valence-electron chi connectivity index (χ0n) is 12.6. The molecular formula is C14H27N3O2. The van der Waals surface area contributed by atoms with Crippen molar-refractivity contribution in [2.24, 2.45) is 11.7 Å². The molecule has 1 atom stereocenters. The number of ether oxygens (including phenoxy) is 1. The molecule has 1 aromatic heterocycles. The first-order valence-corrected chi connectivity index (χ1v) is 7.11. The van der Waals surface area contributed by atoms with Crippen molar-refractivity contribution in [2.45, 2.75) is 58.5 Å². The Morgan fingerprint density at radius 1 is 1.32 bits per heavy atom. The van der Waals surface area contributed by atoms with Crippen molar-refractivity contribution in [1.82, 2.24) is 10.1 Å². The van der Waals surface area contributed by atoms with Crippen LogP contribution in [0.5, 0.6) is 0 Å². The van der Waals surface area contributed by atoms with Gasteiger partial charge in [-0.3, -0.25) is 0 Å². The van der Waals surface area contributed by atoms with Gasteiger partial charge in [-0.05, 0) is 39.2 Å². The number of nitrogens with zero attached hydrogens (tertiary/aromatic N) is 2. The Morgan fingerprint density at radius 2 is 2.05 bits per heavy atom. The molecule has 5 heteroatoms. The van der Waals surface area contributed by atoms with Crippen molar-refractivity contribution in [3.05, 3.63) is 11.7 Å². The van der Waals surface area contributed by atoms with Crippen LogP contribution in [0.1, 0.15) is 58.2 Å². The second-order valence-electron chi connectivity index (χ2n) is 5.50. The van der Waals surface area contributed by atoms with E-state index in [-0.39, 0.29) is 0 Å². The van der Waals surface area contributed by atoms with E-state index in [1.807, 2.05) is 13.8 Å². The normalized spacial score (nSPS) is 13.7. The predicted molar refractivity (Wildman–Crippen MR) is 74.7 cm³/mol. The summed E-state index contributed by atoms with van der Waals surface area (Å²) in [5, 5.41) is 3.99. The smallest absolute Gasteiger partial charge is 0.226 e. The topological polar surface area (TPSA) is 74.2 Å². The van der Waals surface area contributed by atoms with E-state index in [1.165, 1.54) is 12.8 Å². The summed E-state index contributed by atoms with van der Waals surface area (Å²) in [6, 6.07) is 0. The molecule has 19 heavy (non-hydrogen) atoms. The number of aryl methyl sites for hydroxylation is 1. The monoisotopic (exact) mass is 269 g/mol. The molecule has 5 nitrogen and oxygen atoms in total. The predicted octanol–water partition coefficient (Wildman–Crippen LogP) is 2.65. The minimum atomic E-state index is -0.498. The molecule has 0 radical (unpaired) electrons. The molecule has 110 valence electrons. The van der Waals surface area contributed by atoms with Crippen molar-refractivity contribution < 1.29 is 9.26 Å². The van der Waals surface area contributed by atoms with Gasteiger partial charge in [0, 0.05) is 13.5 Å². The number of aromatic nitrogens is 2. The zero-order chi connectivity index (χ0) is 14.3. The maximum atomic E-state index is 5.64. The number of rotatable bonds is 9. The fourth-order valence-corrected chi connectivity index (χ4v) is 2.10. The molecule has 1 heterocycles. The summed E-state index contributed by atoms with van der Waals surface area (Å²) < 4.78 is 10.6. The molecule has 0 fully saturated rings. The summed E-state index contributed by atoms with van der Waals surface area (Å²) in [7, 11) is 1.65. The molecule has 0 saturated carbocycles. The van der Waals surface area contributed by atoms with Gasteiger partial charge < -0.3 is 15.0 Å². The molecular weight excluding hydrogens is 242 g/mol. The third-order valence-electron chi connectivity index (χ3n) is 3.56. The van der Waals surface area contributed by atoms with Crippen molar-refractivity contribution in [3.63, 3.8) is 0 Å². The Labute approximate surface area is 115 Å². The van der Waals surface area contributed by atoms with Gasteiger partial charge in [0.15, 0.2) is 0 Å². The Balaban J connectivity index is 2.53. The SMILES string of the molecule is CCCC(CCN)CCc1nc(C(C)(C)OC)no1. The lowest BCUT2D eigenvalue weighted by atomic mass is 9.94. The first kappa shape index (κ1) is 16.1. The Hall–Kier alpha value is -0.940. The first-order chi connectivity index (χ1) is 9.03. The van der Waals surface area contributed by atoms with E-state index in [1.54, 1.807) is 7.11 Å². The third kappa shape index (κ3) is 4.91. The van der Waals surface area contributed by atoms with Crippen LogP contribution >= 0.6 is 0 Å². The quantitative estimate of drug-likeness (QED) is 0.746. The van der Waals surface area contributed by atoms with Crippen LogP contribution in [0, 0.1) is 5.92 Å². The maximum absolute atomic E-state index is 5.64. The Morgan fingerprint density at radius 3 is 2.63 bits per heavy atom. The number of hydrogen-bond donors (Lipinski definition) is 1. The highest BCUT2D eigenvalue weighted by Gasteiger charge is 2.26. The largest absolute Gasteiger partial charge is 0.371 e. The van der Waals surface area contributed by atoms with Crippen molar-refractivity contribution in [3.8, 4) is 0 Å². The zero-order valence-corrected chi connectivity index (χ0v) is 12.6. The lowest BCUT2D eigenvalue weighted by Gasteiger charge is -2.17. The third-order valence-corrected chi connectivity index (χ3v) is 3.56. The molecule has 0 bridgehead atoms. The second kappa shape index (κ2) is 7.60. The van der Waals surface area contributed by atoms with Crippen LogP contribution in [-0.2, 0) is 16.8 Å². The molecule has 0 aliphatic rings. The van der Waals surface area contributed by atoms with E-state index in [0.717, 1.165) is 25.8 Å². The molecule has 1 aromatic rings. The standard InChI is InChI=1S/C14H27N3O2/c1-5-6-11(9-10-15)7-8-12-16-13(17-19-12)14(2,3)18-4/h11H,5-10,15H2,1-4H3. The summed E-state index contributed by atoms with van der Waals surface area (Å²) in [5.41, 5.74) is 5.14. The van der Waals surface area contributed by atoms with E-state index in [0.29, 0.717) is 17.6 Å². The highest BCUT2D eigenvalue weighted by atomic mass is 16.5. The van der Waals surface area contributed by atoms with E-state index < -0.39 is 5.60 Å². The molecule has 0 aromatic carbocycles. The number of hydrogen-bond acceptors (Lipinski definition) is 5. The molecule has 0 spiro atoms. The molecule has 1 unspecified atom stereocenters. The Bertz CT molecular complexity index is 357. The molecule has 0 amide bonds. The van der Waals surface area contributed by atoms with Crippen LogP contribution < -0.4 is 5.73 Å². The second-order valence-corrected chi connectivity index (χ2v) is 5.50. The van der Waals surface area contributed by atoms with Crippen LogP contribution in [0.25, 0.3) is 0 Å². The minimum Gasteiger partial charge on any atom is -0.371 e. The average Bonchev–Trinajstić information content (AvgIpc) is 2.86. The fourth-order valence-electron chi connectivity index (χ4n) is 2.10. The van der Waals surface area contributed by atoms with Crippen LogP contribution in [0.3, 0.4) is 0 Å². The highest BCUT2D eigenvalue weighted by Crippen LogP contribution is 2.22. The summed E-state index contributed by atoms with van der Waals surface area (Å²) in [6.45, 7) is 6.80. The lowest BCUT2D eigenvalue weighted by Crippen LogP contribution is -2.21. The maximum Gasteiger partial charge on any atom is 0.226 e. The summed E-state index contributed by atoms with van der Waals surface area (Å²) in [4.78, 5) is 4.41. The van der Waals surface area contributed by atoms with Crippen LogP contribution in [0.2, 0.25) is 0 Å². The van der Waals surface area contributed by atoms with E-state index in [9.17, 15) is 0 Å². The van der Waals surface area contributed by atoms with Gasteiger partial charge in [0.05, 0.1) is 0 Å². The number of nitrogens with two attached hydrogens (primary N) is 1. The van der Waals surface area contributed by atoms with E-state index in [4.69, 9.17) is 15.0 Å². The van der Waals surface area contributed by atoms with Crippen molar-refractivity contribution >= 4 is 0 Å². The molecule has 0 saturated heterocycles. The van der Waals surface area contributed by atoms with Gasteiger partial charge >= 0.3 is 0 Å². The summed E-state index contributed by atoms with van der Waals surface area (Å²) in [5.74, 6) is 1.95. The van der Waals surface area contributed by atoms with Crippen LogP contribution in [-0.4, -0.2) is 23.8 Å². The van der Waals surface area contributed by atoms with Gasteiger partial charge in [0.25, 0.3) is 0 Å². The van der Waals surface area contributed by atoms with Gasteiger partial charge in [-0.25, -0.2) is 0 Å². The van der Waals surface area contributed by atoms with Gasteiger partial charge in [-0.2, -0.15) is 4.98 Å². The van der Waals surface area contributed by atoms with Crippen molar-refractivity contribution in [1.29, 1.82) is 0 Å². The molecule has 1 rings (SSSR count). The van der Waals surface area contributed by atoms with E-state index in [2.05, 4.69) is 17.1 Å². The van der Waals surface area contributed by atoms with Crippen molar-refractivity contribution in [2.75, 3.05) is 13.7 Å². The average molecular weight is 269 g/mol. The van der Waals surface area contributed by atoms with Gasteiger partial charge in [-0.15, -0.1) is 0 Å². The lowest BCUT2D eigenvalue weighted by molar-refractivity contribution is 0.00973. The van der Waals surface area contributed by atoms with E-state index >= 15 is 0 Å². The molecule has 2 N–H and O–H groups in total. The van der Waals surface area contributed by atoms with Gasteiger partial charge in [0.2, 0.25) is 11.7 Å². The molecule has 0 aliphatic heterocycles. The van der Waals surface area contributed by atoms with Gasteiger partial charge in [-0.1, -0.05) is 24.9 Å². The number of methoxy groups -OCH3 is 1. The van der Waals surface area contributed by atoms with Crippen LogP contribution in [0.15, 0.2) is 4.52 Å². The Kier molecular flexibility index (Phi) is 6.45. The van der Waals surface area contributed by atoms with Crippen LogP contribution in [0.4, 0.5) is 0 Å². The minimum absolute atomic E-state index is 0.498. The highest BCUT2D eigenvalue weighted by molar-refractivity contribution is 4.97. The van der Waals surface area contributed by atoms with Gasteiger partial charge in [0.1, 0.15) is 5.60 Å². The first-order valence-electron chi connectivity index (χ1n) is 7.11. The molecule has 0 aliphatic carbocycles. The fraction of sp³-hybridized carbons (Fsp3) is 0.857.